The summed E-state index contributed by atoms with van der Waals surface area (Å²) in [6, 6.07) is 0. The first-order chi connectivity index (χ1) is 6.98. The van der Waals surface area contributed by atoms with Gasteiger partial charge in [0.1, 0.15) is 0 Å². The maximum Gasteiger partial charge on any atom is 0.173 e. The number of aryl methyl sites for hydroxylation is 1. The van der Waals surface area contributed by atoms with E-state index in [0.717, 1.165) is 36.2 Å². The predicted molar refractivity (Wildman–Crippen MR) is 56.8 cm³/mol. The van der Waals surface area contributed by atoms with Crippen molar-refractivity contribution >= 4 is 5.78 Å². The Kier molecular flexibility index (Phi) is 1.42. The van der Waals surface area contributed by atoms with Crippen LogP contribution in [-0.2, 0) is 6.42 Å². The highest BCUT2D eigenvalue weighted by molar-refractivity contribution is 6.05. The number of nitrogens with zero attached hydrogens (tertiary/aromatic N) is 1. The fraction of sp³-hybridized carbons (Fsp3) is 0.667. The van der Waals surface area contributed by atoms with Crippen molar-refractivity contribution in [2.75, 3.05) is 0 Å². The van der Waals surface area contributed by atoms with E-state index in [1.165, 1.54) is 0 Å². The van der Waals surface area contributed by atoms with Crippen LogP contribution >= 0.6 is 0 Å². The molecule has 0 saturated heterocycles. The molecule has 1 fully saturated rings. The molecule has 1 aromatic heterocycles. The zero-order valence-electron chi connectivity index (χ0n) is 9.48. The molecule has 1 spiro atoms. The Hall–Kier alpha value is -1.12. The van der Waals surface area contributed by atoms with Crippen LogP contribution in [0.3, 0.4) is 0 Å². The molecule has 1 aromatic rings. The van der Waals surface area contributed by atoms with Gasteiger partial charge >= 0.3 is 0 Å². The summed E-state index contributed by atoms with van der Waals surface area (Å²) in [6.45, 7) is 6.34. The molecular formula is C12H16N2O. The molecule has 3 nitrogen and oxygen atoms in total. The van der Waals surface area contributed by atoms with Crippen molar-refractivity contribution in [3.63, 3.8) is 0 Å². The average Bonchev–Trinajstić information content (AvgIpc) is 2.87. The van der Waals surface area contributed by atoms with Crippen LogP contribution in [0.15, 0.2) is 0 Å². The van der Waals surface area contributed by atoms with Gasteiger partial charge in [0.2, 0.25) is 0 Å². The van der Waals surface area contributed by atoms with E-state index in [0.29, 0.717) is 5.78 Å². The average molecular weight is 204 g/mol. The van der Waals surface area contributed by atoms with E-state index in [9.17, 15) is 4.79 Å². The van der Waals surface area contributed by atoms with E-state index >= 15 is 0 Å². The Morgan fingerprint density at radius 2 is 2.00 bits per heavy atom. The minimum Gasteiger partial charge on any atom is -0.293 e. The third-order valence-corrected chi connectivity index (χ3v) is 4.34. The predicted octanol–water partition coefficient (Wildman–Crippen LogP) is 2.26. The van der Waals surface area contributed by atoms with E-state index in [-0.39, 0.29) is 10.8 Å². The molecule has 1 heterocycles. The molecule has 80 valence electrons. The molecule has 15 heavy (non-hydrogen) atoms. The maximum atomic E-state index is 12.4. The van der Waals surface area contributed by atoms with Gasteiger partial charge in [0.05, 0.1) is 11.3 Å². The zero-order valence-corrected chi connectivity index (χ0v) is 9.48. The first-order valence-electron chi connectivity index (χ1n) is 5.57. The quantitative estimate of drug-likeness (QED) is 0.704. The second-order valence-electron chi connectivity index (χ2n) is 5.64. The number of hydrogen-bond donors (Lipinski definition) is 1. The molecule has 0 unspecified atom stereocenters. The van der Waals surface area contributed by atoms with Crippen molar-refractivity contribution in [2.24, 2.45) is 10.8 Å². The van der Waals surface area contributed by atoms with Crippen LogP contribution in [0.25, 0.3) is 0 Å². The van der Waals surface area contributed by atoms with Gasteiger partial charge in [-0.2, -0.15) is 5.10 Å². The Bertz CT molecular complexity index is 452. The first kappa shape index (κ1) is 9.13. The number of rotatable bonds is 0. The minimum absolute atomic E-state index is 0.0609. The number of fused-ring (bicyclic) bond motifs is 1. The molecule has 1 N–H and O–H groups in total. The molecule has 0 aliphatic heterocycles. The number of carbonyl (C=O) groups is 1. The van der Waals surface area contributed by atoms with Crippen LogP contribution < -0.4 is 0 Å². The summed E-state index contributed by atoms with van der Waals surface area (Å²) in [5.74, 6) is 0.333. The van der Waals surface area contributed by atoms with Gasteiger partial charge in [-0.25, -0.2) is 0 Å². The third-order valence-electron chi connectivity index (χ3n) is 4.34. The monoisotopic (exact) mass is 204 g/mol. The molecule has 0 bridgehead atoms. The highest BCUT2D eigenvalue weighted by Gasteiger charge is 2.62. The normalized spacial score (nSPS) is 25.4. The maximum absolute atomic E-state index is 12.4. The van der Waals surface area contributed by atoms with Crippen LogP contribution in [0, 0.1) is 17.8 Å². The molecule has 0 radical (unpaired) electrons. The lowest BCUT2D eigenvalue weighted by Gasteiger charge is -2.37. The Labute approximate surface area is 89.3 Å². The standard InChI is InChI=1S/C12H16N2O/c1-7-9-8(14-13-7)6-11(2,3)12(4-5-12)10(9)15/h4-6H2,1-3H3,(H,13,14). The Morgan fingerprint density at radius 1 is 1.33 bits per heavy atom. The topological polar surface area (TPSA) is 45.8 Å². The number of nitrogens with one attached hydrogen (secondary N) is 1. The van der Waals surface area contributed by atoms with Gasteiger partial charge in [-0.1, -0.05) is 13.8 Å². The second-order valence-corrected chi connectivity index (χ2v) is 5.64. The smallest absolute Gasteiger partial charge is 0.173 e. The number of H-pyrrole nitrogens is 1. The highest BCUT2D eigenvalue weighted by atomic mass is 16.1. The molecule has 0 amide bonds. The number of ketones is 1. The molecule has 3 heteroatoms. The summed E-state index contributed by atoms with van der Waals surface area (Å²) >= 11 is 0. The van der Waals surface area contributed by atoms with Crippen LogP contribution in [0.2, 0.25) is 0 Å². The van der Waals surface area contributed by atoms with Gasteiger partial charge in [0.25, 0.3) is 0 Å². The van der Waals surface area contributed by atoms with E-state index < -0.39 is 0 Å². The highest BCUT2D eigenvalue weighted by Crippen LogP contribution is 2.63. The molecular weight excluding hydrogens is 188 g/mol. The van der Waals surface area contributed by atoms with Crippen molar-refractivity contribution in [3.05, 3.63) is 17.0 Å². The minimum atomic E-state index is -0.0609. The fourth-order valence-corrected chi connectivity index (χ4v) is 3.07. The summed E-state index contributed by atoms with van der Waals surface area (Å²) in [6.07, 6.45) is 3.05. The zero-order chi connectivity index (χ0) is 10.8. The largest absolute Gasteiger partial charge is 0.293 e. The van der Waals surface area contributed by atoms with Crippen molar-refractivity contribution in [2.45, 2.75) is 40.0 Å². The summed E-state index contributed by atoms with van der Waals surface area (Å²) < 4.78 is 0. The van der Waals surface area contributed by atoms with E-state index in [1.54, 1.807) is 0 Å². The first-order valence-corrected chi connectivity index (χ1v) is 5.57. The van der Waals surface area contributed by atoms with Gasteiger partial charge in [-0.15, -0.1) is 0 Å². The second kappa shape index (κ2) is 2.34. The van der Waals surface area contributed by atoms with Crippen molar-refractivity contribution in [3.8, 4) is 0 Å². The van der Waals surface area contributed by atoms with Gasteiger partial charge in [0, 0.05) is 11.1 Å². The third kappa shape index (κ3) is 0.912. The van der Waals surface area contributed by atoms with Crippen molar-refractivity contribution in [1.82, 2.24) is 10.2 Å². The molecule has 2 aliphatic carbocycles. The number of carbonyl (C=O) groups excluding carboxylic acids is 1. The van der Waals surface area contributed by atoms with Gasteiger partial charge in [0.15, 0.2) is 5.78 Å². The lowest BCUT2D eigenvalue weighted by Crippen LogP contribution is -2.39. The van der Waals surface area contributed by atoms with Crippen LogP contribution in [-0.4, -0.2) is 16.0 Å². The van der Waals surface area contributed by atoms with E-state index in [4.69, 9.17) is 0 Å². The molecule has 3 rings (SSSR count). The van der Waals surface area contributed by atoms with Crippen LogP contribution in [0.4, 0.5) is 0 Å². The number of aromatic amines is 1. The van der Waals surface area contributed by atoms with E-state index in [2.05, 4.69) is 24.0 Å². The summed E-state index contributed by atoms with van der Waals surface area (Å²) in [5, 5.41) is 7.19. The number of Topliss-reactive ketones (excluding diaryl/α,β-unsaturated/α-hetero) is 1. The lowest BCUT2D eigenvalue weighted by molar-refractivity contribution is 0.0709. The summed E-state index contributed by atoms with van der Waals surface area (Å²) in [4.78, 5) is 12.4. The van der Waals surface area contributed by atoms with E-state index in [1.807, 2.05) is 6.92 Å². The van der Waals surface area contributed by atoms with Crippen molar-refractivity contribution < 1.29 is 4.79 Å². The Balaban J connectivity index is 2.21. The van der Waals surface area contributed by atoms with Crippen LogP contribution in [0.1, 0.15) is 48.4 Å². The molecule has 0 aromatic carbocycles. The SMILES string of the molecule is Cc1[nH]nc2c1C(=O)C1(CC1)C(C)(C)C2. The molecule has 2 aliphatic rings. The lowest BCUT2D eigenvalue weighted by atomic mass is 9.64. The van der Waals surface area contributed by atoms with Crippen LogP contribution in [0.5, 0.6) is 0 Å². The van der Waals surface area contributed by atoms with Gasteiger partial charge < -0.3 is 0 Å². The number of aromatic nitrogens is 2. The Morgan fingerprint density at radius 3 is 2.60 bits per heavy atom. The summed E-state index contributed by atoms with van der Waals surface area (Å²) in [5.41, 5.74) is 2.82. The molecule has 1 saturated carbocycles. The fourth-order valence-electron chi connectivity index (χ4n) is 3.07. The van der Waals surface area contributed by atoms with Gasteiger partial charge in [-0.3, -0.25) is 9.89 Å². The van der Waals surface area contributed by atoms with Crippen molar-refractivity contribution in [1.29, 1.82) is 0 Å². The van der Waals surface area contributed by atoms with Gasteiger partial charge in [-0.05, 0) is 31.6 Å². The summed E-state index contributed by atoms with van der Waals surface area (Å²) in [7, 11) is 0. The number of hydrogen-bond acceptors (Lipinski definition) is 2. The molecule has 0 atom stereocenters.